The van der Waals surface area contributed by atoms with Crippen LogP contribution in [-0.4, -0.2) is 21.4 Å². The highest BCUT2D eigenvalue weighted by Crippen LogP contribution is 2.21. The van der Waals surface area contributed by atoms with Gasteiger partial charge in [-0.3, -0.25) is 4.79 Å². The molecule has 1 saturated heterocycles. The van der Waals surface area contributed by atoms with E-state index in [1.54, 1.807) is 0 Å². The van der Waals surface area contributed by atoms with Crippen LogP contribution in [-0.2, 0) is 0 Å². The molecular weight excluding hydrogens is 241 g/mol. The highest BCUT2D eigenvalue weighted by atomic mass is 127. The van der Waals surface area contributed by atoms with Gasteiger partial charge in [-0.25, -0.2) is 0 Å². The zero-order valence-corrected chi connectivity index (χ0v) is 8.30. The predicted octanol–water partition coefficient (Wildman–Crippen LogP) is 2.42. The average molecular weight is 253 g/mol. The number of halogens is 1. The number of nitrogens with zero attached hydrogens (tertiary/aromatic N) is 1. The lowest BCUT2D eigenvalue weighted by molar-refractivity contribution is 0.220. The van der Waals surface area contributed by atoms with Crippen LogP contribution in [0.3, 0.4) is 0 Å². The van der Waals surface area contributed by atoms with E-state index in [2.05, 4.69) is 6.92 Å². The first kappa shape index (κ1) is 8.30. The number of amides is 1. The first-order valence-corrected chi connectivity index (χ1v) is 4.79. The highest BCUT2D eigenvalue weighted by molar-refractivity contribution is 14.1. The summed E-state index contributed by atoms with van der Waals surface area (Å²) in [4.78, 5) is 12.9. The van der Waals surface area contributed by atoms with Crippen LogP contribution in [0, 0.1) is 0 Å². The topological polar surface area (TPSA) is 20.3 Å². The normalized spacial score (nSPS) is 25.4. The Kier molecular flexibility index (Phi) is 2.95. The minimum Gasteiger partial charge on any atom is -0.331 e. The van der Waals surface area contributed by atoms with Gasteiger partial charge in [0.15, 0.2) is 0 Å². The van der Waals surface area contributed by atoms with Crippen LogP contribution < -0.4 is 0 Å². The molecule has 10 heavy (non-hydrogen) atoms. The smallest absolute Gasteiger partial charge is 0.283 e. The first-order valence-electron chi connectivity index (χ1n) is 3.71. The molecule has 0 saturated carbocycles. The van der Waals surface area contributed by atoms with Crippen molar-refractivity contribution in [3.63, 3.8) is 0 Å². The van der Waals surface area contributed by atoms with E-state index in [1.807, 2.05) is 27.5 Å². The van der Waals surface area contributed by atoms with E-state index in [0.29, 0.717) is 6.04 Å². The van der Waals surface area contributed by atoms with Crippen LogP contribution in [0.4, 0.5) is 4.79 Å². The summed E-state index contributed by atoms with van der Waals surface area (Å²) in [6.45, 7) is 3.11. The van der Waals surface area contributed by atoms with Crippen LogP contribution in [0.15, 0.2) is 0 Å². The molecule has 1 fully saturated rings. The summed E-state index contributed by atoms with van der Waals surface area (Å²) >= 11 is 1.87. The molecule has 1 unspecified atom stereocenters. The van der Waals surface area contributed by atoms with E-state index >= 15 is 0 Å². The quantitative estimate of drug-likeness (QED) is 0.399. The molecule has 2 nitrogen and oxygen atoms in total. The summed E-state index contributed by atoms with van der Waals surface area (Å²) in [5.74, 6) is 0. The highest BCUT2D eigenvalue weighted by Gasteiger charge is 2.24. The fraction of sp³-hybridized carbons (Fsp3) is 0.857. The monoisotopic (exact) mass is 253 g/mol. The second-order valence-corrected chi connectivity index (χ2v) is 3.57. The Morgan fingerprint density at radius 1 is 1.80 bits per heavy atom. The van der Waals surface area contributed by atoms with Crippen molar-refractivity contribution in [2.24, 2.45) is 0 Å². The number of rotatable bonds is 1. The molecule has 1 rings (SSSR count). The minimum atomic E-state index is 0.210. The number of hydrogen-bond donors (Lipinski definition) is 0. The van der Waals surface area contributed by atoms with E-state index < -0.39 is 0 Å². The summed E-state index contributed by atoms with van der Waals surface area (Å²) in [6, 6.07) is 0.532. The maximum Gasteiger partial charge on any atom is 0.283 e. The molecule has 58 valence electrons. The van der Waals surface area contributed by atoms with Crippen LogP contribution in [0.1, 0.15) is 26.2 Å². The maximum absolute atomic E-state index is 10.9. The molecule has 0 spiro atoms. The molecule has 1 aliphatic heterocycles. The van der Waals surface area contributed by atoms with Crippen molar-refractivity contribution in [3.8, 4) is 0 Å². The summed E-state index contributed by atoms with van der Waals surface area (Å²) in [5, 5.41) is 0. The fourth-order valence-corrected chi connectivity index (χ4v) is 2.13. The zero-order chi connectivity index (χ0) is 7.56. The van der Waals surface area contributed by atoms with Gasteiger partial charge in [0, 0.05) is 35.2 Å². The second kappa shape index (κ2) is 3.55. The Balaban J connectivity index is 2.50. The summed E-state index contributed by atoms with van der Waals surface area (Å²) in [5.41, 5.74) is 0. The molecule has 0 N–H and O–H groups in total. The molecule has 0 aromatic carbocycles. The SMILES string of the molecule is CCC1CCCN1C(=O)I. The predicted molar refractivity (Wildman–Crippen MR) is 49.4 cm³/mol. The van der Waals surface area contributed by atoms with Gasteiger partial charge < -0.3 is 4.90 Å². The Bertz CT molecular complexity index is 138. The third-order valence-electron chi connectivity index (χ3n) is 2.07. The van der Waals surface area contributed by atoms with Crippen molar-refractivity contribution in [1.29, 1.82) is 0 Å². The van der Waals surface area contributed by atoms with E-state index in [0.717, 1.165) is 13.0 Å². The van der Waals surface area contributed by atoms with Crippen molar-refractivity contribution < 1.29 is 4.79 Å². The molecule has 1 atom stereocenters. The van der Waals surface area contributed by atoms with E-state index in [-0.39, 0.29) is 3.91 Å². The number of likely N-dealkylation sites (tertiary alicyclic amines) is 1. The molecule has 0 bridgehead atoms. The van der Waals surface area contributed by atoms with Gasteiger partial charge in [0.1, 0.15) is 0 Å². The minimum absolute atomic E-state index is 0.210. The Hall–Kier alpha value is 0.200. The van der Waals surface area contributed by atoms with Gasteiger partial charge in [-0.15, -0.1) is 0 Å². The van der Waals surface area contributed by atoms with Crippen LogP contribution >= 0.6 is 22.6 Å². The molecule has 0 aromatic heterocycles. The number of hydrogen-bond acceptors (Lipinski definition) is 1. The van der Waals surface area contributed by atoms with Crippen LogP contribution in [0.5, 0.6) is 0 Å². The lowest BCUT2D eigenvalue weighted by atomic mass is 10.2. The first-order chi connectivity index (χ1) is 4.75. The van der Waals surface area contributed by atoms with Crippen LogP contribution in [0.25, 0.3) is 0 Å². The number of carbonyl (C=O) groups is 1. The van der Waals surface area contributed by atoms with Gasteiger partial charge in [0.25, 0.3) is 3.91 Å². The standard InChI is InChI=1S/C7H12INO/c1-2-6-4-3-5-9(6)7(8)10/h6H,2-5H2,1H3. The van der Waals surface area contributed by atoms with Crippen molar-refractivity contribution in [2.75, 3.05) is 6.54 Å². The zero-order valence-electron chi connectivity index (χ0n) is 6.14. The van der Waals surface area contributed by atoms with Crippen LogP contribution in [0.2, 0.25) is 0 Å². The van der Waals surface area contributed by atoms with Gasteiger partial charge in [-0.05, 0) is 19.3 Å². The summed E-state index contributed by atoms with van der Waals surface area (Å²) in [7, 11) is 0. The Labute approximate surface area is 75.1 Å². The van der Waals surface area contributed by atoms with Crippen molar-refractivity contribution in [3.05, 3.63) is 0 Å². The van der Waals surface area contributed by atoms with E-state index in [1.165, 1.54) is 12.8 Å². The van der Waals surface area contributed by atoms with Crippen molar-refractivity contribution >= 4 is 26.5 Å². The van der Waals surface area contributed by atoms with Crippen molar-refractivity contribution in [2.45, 2.75) is 32.2 Å². The molecule has 1 aliphatic rings. The van der Waals surface area contributed by atoms with E-state index in [4.69, 9.17) is 0 Å². The number of carbonyl (C=O) groups excluding carboxylic acids is 1. The largest absolute Gasteiger partial charge is 0.331 e. The van der Waals surface area contributed by atoms with Gasteiger partial charge in [0.05, 0.1) is 0 Å². The molecule has 1 heterocycles. The maximum atomic E-state index is 10.9. The Morgan fingerprint density at radius 2 is 2.50 bits per heavy atom. The summed E-state index contributed by atoms with van der Waals surface area (Å²) < 4.78 is 0.210. The van der Waals surface area contributed by atoms with Gasteiger partial charge in [0.2, 0.25) is 0 Å². The lowest BCUT2D eigenvalue weighted by Gasteiger charge is -2.20. The van der Waals surface area contributed by atoms with Gasteiger partial charge in [-0.2, -0.15) is 0 Å². The average Bonchev–Trinajstić information content (AvgIpc) is 2.33. The lowest BCUT2D eigenvalue weighted by Crippen LogP contribution is -2.30. The molecule has 0 radical (unpaired) electrons. The fourth-order valence-electron chi connectivity index (χ4n) is 1.49. The van der Waals surface area contributed by atoms with E-state index in [9.17, 15) is 4.79 Å². The molecule has 3 heteroatoms. The third kappa shape index (κ3) is 1.62. The van der Waals surface area contributed by atoms with Gasteiger partial charge in [-0.1, -0.05) is 6.92 Å². The molecule has 1 amide bonds. The van der Waals surface area contributed by atoms with Crippen molar-refractivity contribution in [1.82, 2.24) is 4.90 Å². The molecule has 0 aliphatic carbocycles. The molecular formula is C7H12INO. The van der Waals surface area contributed by atoms with Gasteiger partial charge >= 0.3 is 0 Å². The molecule has 0 aromatic rings. The Morgan fingerprint density at radius 3 is 2.90 bits per heavy atom. The second-order valence-electron chi connectivity index (χ2n) is 2.65. The summed E-state index contributed by atoms with van der Waals surface area (Å²) in [6.07, 6.45) is 3.49. The third-order valence-corrected chi connectivity index (χ3v) is 2.69.